The molecule has 8 heteroatoms. The lowest BCUT2D eigenvalue weighted by Gasteiger charge is -2.34. The van der Waals surface area contributed by atoms with Crippen LogP contribution >= 0.6 is 23.2 Å². The number of rotatable bonds is 2. The minimum Gasteiger partial charge on any atom is -0.372 e. The quantitative estimate of drug-likeness (QED) is 0.441. The third kappa shape index (κ3) is 3.70. The predicted octanol–water partition coefficient (Wildman–Crippen LogP) is 6.12. The zero-order valence-electron chi connectivity index (χ0n) is 15.9. The van der Waals surface area contributed by atoms with E-state index in [-0.39, 0.29) is 16.9 Å². The number of hydrogen-bond acceptors (Lipinski definition) is 5. The number of anilines is 2. The van der Waals surface area contributed by atoms with E-state index in [4.69, 9.17) is 23.2 Å². The second kappa shape index (κ2) is 7.04. The highest BCUT2D eigenvalue weighted by Crippen LogP contribution is 2.46. The molecule has 29 heavy (non-hydrogen) atoms. The van der Waals surface area contributed by atoms with Crippen molar-refractivity contribution in [2.75, 3.05) is 10.6 Å². The van der Waals surface area contributed by atoms with E-state index in [0.29, 0.717) is 34.1 Å². The monoisotopic (exact) mass is 431 g/mol. The number of nitro benzene ring substituents is 1. The predicted molar refractivity (Wildman–Crippen MR) is 115 cm³/mol. The number of non-ortho nitro benzene ring substituents is 1. The molecule has 0 aromatic heterocycles. The van der Waals surface area contributed by atoms with Gasteiger partial charge in [0.1, 0.15) is 0 Å². The fourth-order valence-electron chi connectivity index (χ4n) is 3.98. The van der Waals surface area contributed by atoms with Crippen molar-refractivity contribution in [1.29, 1.82) is 0 Å². The van der Waals surface area contributed by atoms with Gasteiger partial charge < -0.3 is 10.6 Å². The maximum atomic E-state index is 13.1. The summed E-state index contributed by atoms with van der Waals surface area (Å²) < 4.78 is 0. The number of carbonyl (C=O) groups is 1. The molecule has 6 nitrogen and oxygen atoms in total. The lowest BCUT2D eigenvalue weighted by molar-refractivity contribution is -0.384. The van der Waals surface area contributed by atoms with Gasteiger partial charge in [-0.05, 0) is 41.7 Å². The summed E-state index contributed by atoms with van der Waals surface area (Å²) >= 11 is 12.4. The third-order valence-electron chi connectivity index (χ3n) is 5.29. The van der Waals surface area contributed by atoms with Crippen LogP contribution in [0, 0.1) is 15.5 Å². The van der Waals surface area contributed by atoms with Gasteiger partial charge >= 0.3 is 0 Å². The number of halogens is 2. The van der Waals surface area contributed by atoms with Gasteiger partial charge in [-0.2, -0.15) is 0 Å². The lowest BCUT2D eigenvalue weighted by Crippen LogP contribution is -2.31. The largest absolute Gasteiger partial charge is 0.372 e. The fourth-order valence-corrected chi connectivity index (χ4v) is 4.31. The van der Waals surface area contributed by atoms with E-state index in [1.807, 2.05) is 0 Å². The van der Waals surface area contributed by atoms with Gasteiger partial charge in [-0.3, -0.25) is 14.9 Å². The number of fused-ring (bicyclic) bond motifs is 1. The summed E-state index contributed by atoms with van der Waals surface area (Å²) in [6.07, 6.45) is 1.12. The van der Waals surface area contributed by atoms with Crippen LogP contribution in [-0.2, 0) is 4.79 Å². The molecule has 0 bridgehead atoms. The standard InChI is InChI=1S/C21H19Cl2N3O3/c1-21(2)9-17-19(18(27)10-21)20(11-3-5-12(6-4-11)26(28)29)25-16-8-14(23)13(22)7-15(16)24-17/h3-8,20,24-25H,9-10H2,1-2H3/t20-/m0/s1. The van der Waals surface area contributed by atoms with Crippen LogP contribution < -0.4 is 10.6 Å². The number of Topliss-reactive ketones (excluding diaryl/α,β-unsaturated/α-hetero) is 1. The summed E-state index contributed by atoms with van der Waals surface area (Å²) in [4.78, 5) is 23.7. The molecular formula is C21H19Cl2N3O3. The van der Waals surface area contributed by atoms with Crippen LogP contribution in [-0.4, -0.2) is 10.7 Å². The van der Waals surface area contributed by atoms with E-state index >= 15 is 0 Å². The van der Waals surface area contributed by atoms with E-state index in [1.54, 1.807) is 24.3 Å². The van der Waals surface area contributed by atoms with E-state index in [2.05, 4.69) is 24.5 Å². The highest BCUT2D eigenvalue weighted by atomic mass is 35.5. The summed E-state index contributed by atoms with van der Waals surface area (Å²) in [5, 5.41) is 18.6. The zero-order chi connectivity index (χ0) is 20.9. The molecule has 0 fully saturated rings. The van der Waals surface area contributed by atoms with Gasteiger partial charge in [0.25, 0.3) is 5.69 Å². The van der Waals surface area contributed by atoms with Crippen LogP contribution in [0.2, 0.25) is 10.0 Å². The molecule has 1 heterocycles. The maximum absolute atomic E-state index is 13.1. The van der Waals surface area contributed by atoms with E-state index < -0.39 is 11.0 Å². The van der Waals surface area contributed by atoms with Crippen molar-refractivity contribution >= 4 is 46.0 Å². The topological polar surface area (TPSA) is 84.3 Å². The van der Waals surface area contributed by atoms with Crippen LogP contribution in [0.25, 0.3) is 0 Å². The molecule has 0 spiro atoms. The first-order chi connectivity index (χ1) is 13.6. The van der Waals surface area contributed by atoms with Crippen molar-refractivity contribution in [3.8, 4) is 0 Å². The van der Waals surface area contributed by atoms with Crippen LogP contribution in [0.1, 0.15) is 38.3 Å². The van der Waals surface area contributed by atoms with Crippen LogP contribution in [0.5, 0.6) is 0 Å². The zero-order valence-corrected chi connectivity index (χ0v) is 17.4. The molecule has 150 valence electrons. The van der Waals surface area contributed by atoms with Crippen molar-refractivity contribution in [2.45, 2.75) is 32.7 Å². The molecule has 0 radical (unpaired) electrons. The number of ketones is 1. The highest BCUT2D eigenvalue weighted by molar-refractivity contribution is 6.42. The minimum absolute atomic E-state index is 0.000954. The Balaban J connectivity index is 1.87. The number of nitrogens with zero attached hydrogens (tertiary/aromatic N) is 1. The van der Waals surface area contributed by atoms with Gasteiger partial charge in [0.15, 0.2) is 5.78 Å². The summed E-state index contributed by atoms with van der Waals surface area (Å²) in [5.74, 6) is 0.0459. The van der Waals surface area contributed by atoms with Gasteiger partial charge in [0.05, 0.1) is 32.4 Å². The van der Waals surface area contributed by atoms with Gasteiger partial charge in [-0.25, -0.2) is 0 Å². The second-order valence-electron chi connectivity index (χ2n) is 8.20. The summed E-state index contributed by atoms with van der Waals surface area (Å²) in [6, 6.07) is 9.25. The number of carbonyl (C=O) groups excluding carboxylic acids is 1. The molecule has 1 aliphatic carbocycles. The third-order valence-corrected chi connectivity index (χ3v) is 6.01. The van der Waals surface area contributed by atoms with Crippen LogP contribution in [0.4, 0.5) is 17.1 Å². The smallest absolute Gasteiger partial charge is 0.269 e. The van der Waals surface area contributed by atoms with Gasteiger partial charge in [0, 0.05) is 29.8 Å². The summed E-state index contributed by atoms with van der Waals surface area (Å²) in [7, 11) is 0. The first kappa shape index (κ1) is 19.7. The first-order valence-electron chi connectivity index (χ1n) is 9.18. The summed E-state index contributed by atoms with van der Waals surface area (Å²) in [5.41, 5.74) is 3.51. The van der Waals surface area contributed by atoms with E-state index in [9.17, 15) is 14.9 Å². The summed E-state index contributed by atoms with van der Waals surface area (Å²) in [6.45, 7) is 4.12. The van der Waals surface area contributed by atoms with Crippen LogP contribution in [0.15, 0.2) is 47.7 Å². The lowest BCUT2D eigenvalue weighted by atomic mass is 9.73. The Morgan fingerprint density at radius 1 is 1.07 bits per heavy atom. The SMILES string of the molecule is CC1(C)CC(=O)C2=C(C1)Nc1cc(Cl)c(Cl)cc1N[C@H]2c1ccc([N+](=O)[O-])cc1. The molecule has 1 aliphatic heterocycles. The van der Waals surface area contributed by atoms with Crippen molar-refractivity contribution < 1.29 is 9.72 Å². The Morgan fingerprint density at radius 2 is 1.69 bits per heavy atom. The van der Waals surface area contributed by atoms with Crippen molar-refractivity contribution in [2.24, 2.45) is 5.41 Å². The average molecular weight is 432 g/mol. The van der Waals surface area contributed by atoms with Gasteiger partial charge in [-0.1, -0.05) is 37.0 Å². The number of nitro groups is 1. The normalized spacial score (nSPS) is 20.1. The minimum atomic E-state index is -0.458. The molecule has 1 atom stereocenters. The molecule has 2 aromatic rings. The van der Waals surface area contributed by atoms with Crippen molar-refractivity contribution in [1.82, 2.24) is 0 Å². The first-order valence-corrected chi connectivity index (χ1v) is 9.93. The maximum Gasteiger partial charge on any atom is 0.269 e. The number of hydrogen-bond donors (Lipinski definition) is 2. The van der Waals surface area contributed by atoms with Gasteiger partial charge in [0.2, 0.25) is 0 Å². The Bertz CT molecular complexity index is 1060. The molecule has 2 aromatic carbocycles. The average Bonchev–Trinajstić information content (AvgIpc) is 2.78. The fraction of sp³-hybridized carbons (Fsp3) is 0.286. The number of nitrogens with one attached hydrogen (secondary N) is 2. The number of benzene rings is 2. The Kier molecular flexibility index (Phi) is 4.79. The molecule has 0 saturated heterocycles. The van der Waals surface area contributed by atoms with Crippen molar-refractivity contribution in [3.05, 3.63) is 73.4 Å². The van der Waals surface area contributed by atoms with E-state index in [1.165, 1.54) is 12.1 Å². The molecule has 0 unspecified atom stereocenters. The molecule has 4 rings (SSSR count). The Morgan fingerprint density at radius 3 is 2.31 bits per heavy atom. The highest BCUT2D eigenvalue weighted by Gasteiger charge is 2.38. The number of allylic oxidation sites excluding steroid dienone is 1. The molecular weight excluding hydrogens is 413 g/mol. The Hall–Kier alpha value is -2.57. The van der Waals surface area contributed by atoms with E-state index in [0.717, 1.165) is 16.9 Å². The van der Waals surface area contributed by atoms with Gasteiger partial charge in [-0.15, -0.1) is 0 Å². The Labute approximate surface area is 178 Å². The molecule has 2 N–H and O–H groups in total. The molecule has 0 amide bonds. The second-order valence-corrected chi connectivity index (χ2v) is 9.01. The van der Waals surface area contributed by atoms with Crippen LogP contribution in [0.3, 0.4) is 0 Å². The van der Waals surface area contributed by atoms with Crippen molar-refractivity contribution in [3.63, 3.8) is 0 Å². The molecule has 0 saturated carbocycles. The molecule has 2 aliphatic rings.